The number of amides is 1. The second-order valence-corrected chi connectivity index (χ2v) is 8.59. The minimum atomic E-state index is -0.385. The van der Waals surface area contributed by atoms with Gasteiger partial charge in [-0.05, 0) is 96.2 Å². The maximum atomic E-state index is 12.7. The molecule has 2 aromatic carbocycles. The molecule has 1 amide bonds. The Morgan fingerprint density at radius 2 is 1.94 bits per heavy atom. The lowest BCUT2D eigenvalue weighted by Crippen LogP contribution is -2.23. The van der Waals surface area contributed by atoms with E-state index >= 15 is 0 Å². The second-order valence-electron chi connectivity index (χ2n) is 6.42. The highest BCUT2D eigenvalue weighted by atomic mass is 127. The van der Waals surface area contributed by atoms with Gasteiger partial charge >= 0.3 is 5.97 Å². The second kappa shape index (κ2) is 10.2. The van der Waals surface area contributed by atoms with E-state index in [1.165, 1.54) is 16.7 Å². The average Bonchev–Trinajstić information content (AvgIpc) is 3.00. The van der Waals surface area contributed by atoms with Crippen molar-refractivity contribution in [2.75, 3.05) is 20.3 Å². The van der Waals surface area contributed by atoms with E-state index in [9.17, 15) is 14.7 Å². The summed E-state index contributed by atoms with van der Waals surface area (Å²) in [6, 6.07) is 10.2. The van der Waals surface area contributed by atoms with Gasteiger partial charge in [0.25, 0.3) is 5.91 Å². The van der Waals surface area contributed by atoms with E-state index in [0.717, 1.165) is 5.56 Å². The standard InChI is InChI=1S/C22H21IN2O5S/c1-4-29-17-11-13(10-16(23)19(17)26)12-18-20(27)25(3)22(31-18)24-15-8-6-14(7-9-15)21(28)30-5-2/h6-12,26H,4-5H2,1-3H3/b18-12-,24-22?. The highest BCUT2D eigenvalue weighted by molar-refractivity contribution is 14.1. The number of phenolic OH excluding ortho intramolecular Hbond substituents is 1. The lowest BCUT2D eigenvalue weighted by Gasteiger charge is -2.09. The van der Waals surface area contributed by atoms with Gasteiger partial charge in [0.2, 0.25) is 0 Å². The summed E-state index contributed by atoms with van der Waals surface area (Å²) in [7, 11) is 1.66. The molecule has 1 fully saturated rings. The molecule has 3 rings (SSSR count). The number of rotatable bonds is 6. The van der Waals surface area contributed by atoms with Gasteiger partial charge in [-0.25, -0.2) is 9.79 Å². The maximum Gasteiger partial charge on any atom is 0.338 e. The fourth-order valence-corrected chi connectivity index (χ4v) is 4.35. The number of aliphatic imine (C=N–C) groups is 1. The van der Waals surface area contributed by atoms with Gasteiger partial charge < -0.3 is 14.6 Å². The summed E-state index contributed by atoms with van der Waals surface area (Å²) in [6.07, 6.45) is 1.75. The number of nitrogens with zero attached hydrogens (tertiary/aromatic N) is 2. The molecule has 1 heterocycles. The largest absolute Gasteiger partial charge is 0.504 e. The number of hydrogen-bond acceptors (Lipinski definition) is 7. The average molecular weight is 552 g/mol. The number of benzene rings is 2. The normalized spacial score (nSPS) is 16.3. The van der Waals surface area contributed by atoms with Crippen LogP contribution < -0.4 is 4.74 Å². The zero-order valence-corrected chi connectivity index (χ0v) is 20.2. The third-order valence-corrected chi connectivity index (χ3v) is 6.14. The van der Waals surface area contributed by atoms with Crippen molar-refractivity contribution in [1.29, 1.82) is 0 Å². The number of amidine groups is 1. The summed E-state index contributed by atoms with van der Waals surface area (Å²) in [5, 5.41) is 10.6. The van der Waals surface area contributed by atoms with Crippen LogP contribution in [-0.4, -0.2) is 47.3 Å². The predicted octanol–water partition coefficient (Wildman–Crippen LogP) is 4.81. The molecule has 0 aromatic heterocycles. The molecule has 0 saturated carbocycles. The molecule has 1 saturated heterocycles. The number of carbonyl (C=O) groups is 2. The van der Waals surface area contributed by atoms with Gasteiger partial charge in [0, 0.05) is 7.05 Å². The van der Waals surface area contributed by atoms with Crippen LogP contribution in [0.25, 0.3) is 6.08 Å². The summed E-state index contributed by atoms with van der Waals surface area (Å²) in [5.41, 5.74) is 1.81. The fourth-order valence-electron chi connectivity index (χ4n) is 2.74. The molecule has 9 heteroatoms. The molecule has 0 radical (unpaired) electrons. The Balaban J connectivity index is 1.84. The quantitative estimate of drug-likeness (QED) is 0.315. The zero-order valence-electron chi connectivity index (χ0n) is 17.2. The molecule has 7 nitrogen and oxygen atoms in total. The third kappa shape index (κ3) is 5.40. The monoisotopic (exact) mass is 552 g/mol. The van der Waals surface area contributed by atoms with Crippen LogP contribution in [0.3, 0.4) is 0 Å². The van der Waals surface area contributed by atoms with Gasteiger partial charge in [-0.1, -0.05) is 0 Å². The lowest BCUT2D eigenvalue weighted by atomic mass is 10.2. The van der Waals surface area contributed by atoms with E-state index < -0.39 is 0 Å². The van der Waals surface area contributed by atoms with Crippen molar-refractivity contribution in [3.63, 3.8) is 0 Å². The van der Waals surface area contributed by atoms with E-state index in [-0.39, 0.29) is 17.6 Å². The number of thioether (sulfide) groups is 1. The number of halogens is 1. The molecule has 0 atom stereocenters. The van der Waals surface area contributed by atoms with Gasteiger partial charge in [-0.3, -0.25) is 9.69 Å². The van der Waals surface area contributed by atoms with E-state index in [2.05, 4.69) is 4.99 Å². The first-order valence-electron chi connectivity index (χ1n) is 9.52. The zero-order chi connectivity index (χ0) is 22.5. The highest BCUT2D eigenvalue weighted by Gasteiger charge is 2.30. The van der Waals surface area contributed by atoms with Crippen LogP contribution in [-0.2, 0) is 9.53 Å². The summed E-state index contributed by atoms with van der Waals surface area (Å²) < 4.78 is 11.1. The number of likely N-dealkylation sites (N-methyl/N-ethyl adjacent to an activating group) is 1. The summed E-state index contributed by atoms with van der Waals surface area (Å²) >= 11 is 3.28. The fraction of sp³-hybridized carbons (Fsp3) is 0.227. The van der Waals surface area contributed by atoms with Gasteiger partial charge in [-0.15, -0.1) is 0 Å². The number of ether oxygens (including phenoxy) is 2. The Bertz CT molecular complexity index is 1070. The van der Waals surface area contributed by atoms with E-state index in [1.54, 1.807) is 56.4 Å². The van der Waals surface area contributed by atoms with Crippen LogP contribution in [0.4, 0.5) is 5.69 Å². The summed E-state index contributed by atoms with van der Waals surface area (Å²) in [6.45, 7) is 4.33. The van der Waals surface area contributed by atoms with E-state index in [4.69, 9.17) is 9.47 Å². The van der Waals surface area contributed by atoms with Crippen molar-refractivity contribution in [3.05, 3.63) is 56.0 Å². The Morgan fingerprint density at radius 1 is 1.23 bits per heavy atom. The number of aromatic hydroxyl groups is 1. The molecule has 0 spiro atoms. The lowest BCUT2D eigenvalue weighted by molar-refractivity contribution is -0.121. The van der Waals surface area contributed by atoms with Gasteiger partial charge in [-0.2, -0.15) is 0 Å². The third-order valence-electron chi connectivity index (χ3n) is 4.26. The number of phenols is 1. The molecular formula is C22H21IN2O5S. The van der Waals surface area contributed by atoms with Gasteiger partial charge in [0.05, 0.1) is 32.9 Å². The Hall–Kier alpha value is -2.53. The molecular weight excluding hydrogens is 531 g/mol. The Morgan fingerprint density at radius 3 is 2.58 bits per heavy atom. The van der Waals surface area contributed by atoms with Crippen LogP contribution in [0.5, 0.6) is 11.5 Å². The summed E-state index contributed by atoms with van der Waals surface area (Å²) in [4.78, 5) is 31.0. The molecule has 1 aliphatic rings. The predicted molar refractivity (Wildman–Crippen MR) is 130 cm³/mol. The molecule has 2 aromatic rings. The number of carbonyl (C=O) groups excluding carboxylic acids is 2. The van der Waals surface area contributed by atoms with E-state index in [0.29, 0.717) is 43.9 Å². The van der Waals surface area contributed by atoms with Crippen molar-refractivity contribution in [2.24, 2.45) is 4.99 Å². The maximum absolute atomic E-state index is 12.7. The first-order valence-corrected chi connectivity index (χ1v) is 11.4. The van der Waals surface area contributed by atoms with Crippen molar-refractivity contribution < 1.29 is 24.2 Å². The topological polar surface area (TPSA) is 88.4 Å². The minimum Gasteiger partial charge on any atom is -0.504 e. The molecule has 0 bridgehead atoms. The van der Waals surface area contributed by atoms with Crippen molar-refractivity contribution in [1.82, 2.24) is 4.90 Å². The molecule has 162 valence electrons. The van der Waals surface area contributed by atoms with Crippen molar-refractivity contribution >= 4 is 63.2 Å². The van der Waals surface area contributed by atoms with Crippen molar-refractivity contribution in [2.45, 2.75) is 13.8 Å². The molecule has 0 unspecified atom stereocenters. The first-order chi connectivity index (χ1) is 14.8. The Kier molecular flexibility index (Phi) is 7.60. The Labute approximate surface area is 198 Å². The smallest absolute Gasteiger partial charge is 0.338 e. The molecule has 1 aliphatic heterocycles. The van der Waals surface area contributed by atoms with Crippen LogP contribution in [0, 0.1) is 3.57 Å². The molecule has 31 heavy (non-hydrogen) atoms. The first kappa shape index (κ1) is 23.1. The minimum absolute atomic E-state index is 0.0839. The summed E-state index contributed by atoms with van der Waals surface area (Å²) in [5.74, 6) is -0.0985. The van der Waals surface area contributed by atoms with Crippen LogP contribution in [0.1, 0.15) is 29.8 Å². The number of hydrogen-bond donors (Lipinski definition) is 1. The van der Waals surface area contributed by atoms with E-state index in [1.807, 2.05) is 29.5 Å². The van der Waals surface area contributed by atoms with Crippen LogP contribution in [0.2, 0.25) is 0 Å². The highest BCUT2D eigenvalue weighted by Crippen LogP contribution is 2.37. The van der Waals surface area contributed by atoms with Gasteiger partial charge in [0.15, 0.2) is 16.7 Å². The van der Waals surface area contributed by atoms with Crippen molar-refractivity contribution in [3.8, 4) is 11.5 Å². The molecule has 1 N–H and O–H groups in total. The van der Waals surface area contributed by atoms with Crippen LogP contribution >= 0.6 is 34.4 Å². The SMILES string of the molecule is CCOC(=O)c1ccc(N=C2S/C(=C\c3cc(I)c(O)c(OCC)c3)C(=O)N2C)cc1. The molecule has 0 aliphatic carbocycles. The van der Waals surface area contributed by atoms with Gasteiger partial charge in [0.1, 0.15) is 0 Å². The number of esters is 1. The van der Waals surface area contributed by atoms with Crippen LogP contribution in [0.15, 0.2) is 46.3 Å².